The molecule has 2 heterocycles. The molecule has 3 aromatic rings. The van der Waals surface area contributed by atoms with E-state index in [1.165, 1.54) is 0 Å². The van der Waals surface area contributed by atoms with E-state index < -0.39 is 0 Å². The number of nitrogens with zero attached hydrogens (tertiary/aromatic N) is 3. The molecule has 0 fully saturated rings. The second-order valence-electron chi connectivity index (χ2n) is 5.87. The van der Waals surface area contributed by atoms with Gasteiger partial charge in [-0.05, 0) is 44.2 Å². The van der Waals surface area contributed by atoms with Gasteiger partial charge in [-0.3, -0.25) is 0 Å². The summed E-state index contributed by atoms with van der Waals surface area (Å²) in [6.45, 7) is 4.62. The van der Waals surface area contributed by atoms with E-state index in [1.54, 1.807) is 48.9 Å². The topological polar surface area (TPSA) is 92.2 Å². The summed E-state index contributed by atoms with van der Waals surface area (Å²) < 4.78 is 5.15. The molecule has 3 rings (SSSR count). The van der Waals surface area contributed by atoms with Gasteiger partial charge >= 0.3 is 0 Å². The van der Waals surface area contributed by atoms with Gasteiger partial charge in [0.1, 0.15) is 5.75 Å². The van der Waals surface area contributed by atoms with Crippen LogP contribution in [0.3, 0.4) is 0 Å². The van der Waals surface area contributed by atoms with Crippen molar-refractivity contribution in [1.29, 1.82) is 0 Å². The molecule has 0 saturated heterocycles. The van der Waals surface area contributed by atoms with Gasteiger partial charge in [-0.2, -0.15) is 0 Å². The van der Waals surface area contributed by atoms with Crippen molar-refractivity contribution in [3.05, 3.63) is 42.2 Å². The number of methoxy groups -OCH3 is 1. The second kappa shape index (κ2) is 8.11. The van der Waals surface area contributed by atoms with E-state index in [1.807, 2.05) is 19.9 Å². The van der Waals surface area contributed by atoms with Crippen LogP contribution >= 0.6 is 11.3 Å². The number of benzene rings is 1. The number of aromatic hydroxyl groups is 1. The third-order valence-electron chi connectivity index (χ3n) is 3.59. The van der Waals surface area contributed by atoms with Gasteiger partial charge in [-0.25, -0.2) is 15.0 Å². The minimum Gasteiger partial charge on any atom is -0.508 e. The maximum Gasteiger partial charge on any atom is 0.227 e. The zero-order valence-corrected chi connectivity index (χ0v) is 15.7. The summed E-state index contributed by atoms with van der Waals surface area (Å²) in [5.41, 5.74) is 2.52. The van der Waals surface area contributed by atoms with Crippen LogP contribution in [0.2, 0.25) is 0 Å². The first-order chi connectivity index (χ1) is 12.5. The molecule has 0 radical (unpaired) electrons. The van der Waals surface area contributed by atoms with Crippen molar-refractivity contribution >= 4 is 28.1 Å². The molecule has 0 aliphatic rings. The lowest BCUT2D eigenvalue weighted by Gasteiger charge is -2.10. The summed E-state index contributed by atoms with van der Waals surface area (Å²) in [5, 5.41) is 16.7. The van der Waals surface area contributed by atoms with E-state index in [4.69, 9.17) is 4.74 Å². The number of ether oxygens (including phenoxy) is 1. The number of phenolic OH excluding ortho intramolecular Hbond substituents is 1. The molecule has 3 N–H and O–H groups in total. The maximum atomic E-state index is 9.37. The Morgan fingerprint density at radius 1 is 1.19 bits per heavy atom. The van der Waals surface area contributed by atoms with Crippen LogP contribution in [0.25, 0.3) is 10.6 Å². The third-order valence-corrected chi connectivity index (χ3v) is 4.71. The van der Waals surface area contributed by atoms with Crippen LogP contribution in [0, 0.1) is 6.92 Å². The molecular weight excluding hydrogens is 350 g/mol. The molecule has 0 spiro atoms. The van der Waals surface area contributed by atoms with Crippen LogP contribution in [-0.2, 0) is 4.74 Å². The van der Waals surface area contributed by atoms with Crippen LogP contribution in [0.15, 0.2) is 36.5 Å². The van der Waals surface area contributed by atoms with E-state index in [9.17, 15) is 5.11 Å². The smallest absolute Gasteiger partial charge is 0.227 e. The molecule has 1 atom stereocenters. The van der Waals surface area contributed by atoms with E-state index in [-0.39, 0.29) is 11.8 Å². The highest BCUT2D eigenvalue weighted by molar-refractivity contribution is 7.19. The zero-order chi connectivity index (χ0) is 18.5. The Morgan fingerprint density at radius 3 is 2.69 bits per heavy atom. The number of nitrogens with one attached hydrogen (secondary N) is 2. The Morgan fingerprint density at radius 2 is 1.96 bits per heavy atom. The summed E-state index contributed by atoms with van der Waals surface area (Å²) in [6.07, 6.45) is 1.71. The highest BCUT2D eigenvalue weighted by atomic mass is 32.1. The fourth-order valence-corrected chi connectivity index (χ4v) is 3.47. The molecule has 8 heteroatoms. The molecule has 26 heavy (non-hydrogen) atoms. The lowest BCUT2D eigenvalue weighted by molar-refractivity contribution is 0.190. The molecule has 136 valence electrons. The van der Waals surface area contributed by atoms with Crippen molar-refractivity contribution in [3.63, 3.8) is 0 Å². The molecule has 0 aliphatic heterocycles. The van der Waals surface area contributed by atoms with E-state index in [2.05, 4.69) is 25.6 Å². The van der Waals surface area contributed by atoms with Crippen molar-refractivity contribution in [3.8, 4) is 16.3 Å². The second-order valence-corrected chi connectivity index (χ2v) is 6.87. The molecule has 1 aromatic carbocycles. The Bertz CT molecular complexity index is 866. The molecule has 0 saturated carbocycles. The maximum absolute atomic E-state index is 9.37. The van der Waals surface area contributed by atoms with Gasteiger partial charge in [0.2, 0.25) is 5.95 Å². The van der Waals surface area contributed by atoms with Crippen molar-refractivity contribution in [2.45, 2.75) is 19.9 Å². The van der Waals surface area contributed by atoms with Gasteiger partial charge in [-0.15, -0.1) is 0 Å². The average Bonchev–Trinajstić information content (AvgIpc) is 2.97. The Hall–Kier alpha value is -2.71. The lowest BCUT2D eigenvalue weighted by atomic mass is 10.3. The Labute approximate surface area is 156 Å². The molecule has 0 amide bonds. The van der Waals surface area contributed by atoms with Crippen LogP contribution in [0.4, 0.5) is 16.8 Å². The largest absolute Gasteiger partial charge is 0.508 e. The first-order valence-electron chi connectivity index (χ1n) is 8.17. The SMILES string of the molecule is COCC(C)Nc1nc(C)c(-c2ccnc(Nc3ccc(O)cc3)n2)s1. The van der Waals surface area contributed by atoms with E-state index >= 15 is 0 Å². The summed E-state index contributed by atoms with van der Waals surface area (Å²) in [5.74, 6) is 0.705. The lowest BCUT2D eigenvalue weighted by Crippen LogP contribution is -2.20. The fraction of sp³-hybridized carbons (Fsp3) is 0.278. The van der Waals surface area contributed by atoms with Crippen LogP contribution in [0.5, 0.6) is 5.75 Å². The fourth-order valence-electron chi connectivity index (χ4n) is 2.42. The zero-order valence-electron chi connectivity index (χ0n) is 14.9. The first-order valence-corrected chi connectivity index (χ1v) is 8.99. The minimum atomic E-state index is 0.176. The van der Waals surface area contributed by atoms with E-state index in [0.717, 1.165) is 27.1 Å². The van der Waals surface area contributed by atoms with Crippen LogP contribution in [-0.4, -0.2) is 39.8 Å². The van der Waals surface area contributed by atoms with Crippen molar-refractivity contribution in [1.82, 2.24) is 15.0 Å². The van der Waals surface area contributed by atoms with Gasteiger partial charge in [-0.1, -0.05) is 11.3 Å². The monoisotopic (exact) mass is 371 g/mol. The quantitative estimate of drug-likeness (QED) is 0.544. The average molecular weight is 371 g/mol. The van der Waals surface area contributed by atoms with Crippen molar-refractivity contribution in [2.75, 3.05) is 24.4 Å². The normalized spacial score (nSPS) is 12.0. The van der Waals surface area contributed by atoms with Gasteiger partial charge in [0, 0.05) is 25.0 Å². The first kappa shape index (κ1) is 18.1. The van der Waals surface area contributed by atoms with Crippen LogP contribution in [0.1, 0.15) is 12.6 Å². The number of hydrogen-bond acceptors (Lipinski definition) is 8. The highest BCUT2D eigenvalue weighted by Crippen LogP contribution is 2.32. The van der Waals surface area contributed by atoms with Gasteiger partial charge in [0.05, 0.1) is 22.9 Å². The van der Waals surface area contributed by atoms with Gasteiger partial charge < -0.3 is 20.5 Å². The molecule has 2 aromatic heterocycles. The van der Waals surface area contributed by atoms with Crippen molar-refractivity contribution < 1.29 is 9.84 Å². The molecule has 1 unspecified atom stereocenters. The minimum absolute atomic E-state index is 0.176. The number of anilines is 3. The molecule has 0 bridgehead atoms. The third kappa shape index (κ3) is 4.47. The number of phenols is 1. The predicted octanol–water partition coefficient (Wildman–Crippen LogP) is 3.80. The summed E-state index contributed by atoms with van der Waals surface area (Å²) in [4.78, 5) is 14.4. The summed E-state index contributed by atoms with van der Waals surface area (Å²) in [7, 11) is 1.68. The predicted molar refractivity (Wildman–Crippen MR) is 104 cm³/mol. The number of aryl methyl sites for hydroxylation is 1. The number of thiazole rings is 1. The Kier molecular flexibility index (Phi) is 5.65. The van der Waals surface area contributed by atoms with Gasteiger partial charge in [0.25, 0.3) is 0 Å². The number of aromatic nitrogens is 3. The number of hydrogen-bond donors (Lipinski definition) is 3. The molecular formula is C18H21N5O2S. The highest BCUT2D eigenvalue weighted by Gasteiger charge is 2.13. The van der Waals surface area contributed by atoms with Gasteiger partial charge in [0.15, 0.2) is 5.13 Å². The summed E-state index contributed by atoms with van der Waals surface area (Å²) >= 11 is 1.55. The van der Waals surface area contributed by atoms with E-state index in [0.29, 0.717) is 12.6 Å². The van der Waals surface area contributed by atoms with Crippen LogP contribution < -0.4 is 10.6 Å². The molecule has 0 aliphatic carbocycles. The summed E-state index contributed by atoms with van der Waals surface area (Å²) in [6, 6.07) is 8.79. The number of rotatable bonds is 7. The standard InChI is InChI=1S/C18H21N5O2S/c1-11(10-25-3)20-18-21-12(2)16(26-18)15-8-9-19-17(23-15)22-13-4-6-14(24)7-5-13/h4-9,11,24H,10H2,1-3H3,(H,20,21)(H,19,22,23). The molecule has 7 nitrogen and oxygen atoms in total. The van der Waals surface area contributed by atoms with Crippen molar-refractivity contribution in [2.24, 2.45) is 0 Å². The Balaban J connectivity index is 1.79.